The quantitative estimate of drug-likeness (QED) is 0.932. The van der Waals surface area contributed by atoms with E-state index in [1.54, 1.807) is 12.7 Å². The van der Waals surface area contributed by atoms with Crippen LogP contribution in [0.4, 0.5) is 5.69 Å². The van der Waals surface area contributed by atoms with Gasteiger partial charge in [-0.3, -0.25) is 9.36 Å². The van der Waals surface area contributed by atoms with Gasteiger partial charge in [-0.1, -0.05) is 18.9 Å². The first-order valence-electron chi connectivity index (χ1n) is 7.00. The molecule has 1 aromatic heterocycles. The molecular formula is C15H18N4O. The second kappa shape index (κ2) is 5.45. The Morgan fingerprint density at radius 1 is 1.25 bits per heavy atom. The Morgan fingerprint density at radius 2 is 1.95 bits per heavy atom. The molecule has 1 N–H and O–H groups in total. The van der Waals surface area contributed by atoms with Crippen molar-refractivity contribution in [2.75, 3.05) is 5.32 Å². The number of benzene rings is 1. The van der Waals surface area contributed by atoms with E-state index >= 15 is 0 Å². The number of anilines is 1. The van der Waals surface area contributed by atoms with E-state index in [-0.39, 0.29) is 11.8 Å². The highest BCUT2D eigenvalue weighted by Crippen LogP contribution is 2.28. The van der Waals surface area contributed by atoms with Crippen LogP contribution in [0.2, 0.25) is 0 Å². The van der Waals surface area contributed by atoms with Gasteiger partial charge in [0, 0.05) is 5.92 Å². The van der Waals surface area contributed by atoms with Crippen molar-refractivity contribution in [1.29, 1.82) is 0 Å². The Bertz CT molecular complexity index is 600. The Hall–Kier alpha value is -2.17. The third kappa shape index (κ3) is 2.57. The molecule has 1 saturated carbocycles. The highest BCUT2D eigenvalue weighted by atomic mass is 16.1. The number of aromatic nitrogens is 3. The van der Waals surface area contributed by atoms with E-state index in [0.717, 1.165) is 42.6 Å². The SMILES string of the molecule is Cc1ccc(NC(=O)C2CCCC2)c(-n2cnnc2)c1. The van der Waals surface area contributed by atoms with Crippen LogP contribution in [0.5, 0.6) is 0 Å². The molecule has 0 radical (unpaired) electrons. The zero-order valence-corrected chi connectivity index (χ0v) is 11.5. The normalized spacial score (nSPS) is 15.4. The molecule has 0 aliphatic heterocycles. The number of carbonyl (C=O) groups is 1. The summed E-state index contributed by atoms with van der Waals surface area (Å²) in [5.41, 5.74) is 2.85. The number of nitrogens with zero attached hydrogens (tertiary/aromatic N) is 3. The van der Waals surface area contributed by atoms with Gasteiger partial charge in [0.25, 0.3) is 0 Å². The lowest BCUT2D eigenvalue weighted by molar-refractivity contribution is -0.119. The van der Waals surface area contributed by atoms with Crippen LogP contribution >= 0.6 is 0 Å². The lowest BCUT2D eigenvalue weighted by Gasteiger charge is -2.14. The van der Waals surface area contributed by atoms with Crippen molar-refractivity contribution >= 4 is 11.6 Å². The molecule has 1 aliphatic carbocycles. The Morgan fingerprint density at radius 3 is 2.65 bits per heavy atom. The highest BCUT2D eigenvalue weighted by Gasteiger charge is 2.23. The average molecular weight is 270 g/mol. The van der Waals surface area contributed by atoms with Crippen LogP contribution in [0, 0.1) is 12.8 Å². The van der Waals surface area contributed by atoms with Crippen LogP contribution in [0.3, 0.4) is 0 Å². The Balaban J connectivity index is 1.87. The predicted molar refractivity (Wildman–Crippen MR) is 76.7 cm³/mol. The average Bonchev–Trinajstić information content (AvgIpc) is 3.13. The van der Waals surface area contributed by atoms with Gasteiger partial charge in [0.05, 0.1) is 11.4 Å². The van der Waals surface area contributed by atoms with Gasteiger partial charge in [0.1, 0.15) is 12.7 Å². The number of nitrogens with one attached hydrogen (secondary N) is 1. The van der Waals surface area contributed by atoms with E-state index in [2.05, 4.69) is 15.5 Å². The van der Waals surface area contributed by atoms with E-state index in [4.69, 9.17) is 0 Å². The first kappa shape index (κ1) is 12.8. The van der Waals surface area contributed by atoms with Crippen molar-refractivity contribution < 1.29 is 4.79 Å². The van der Waals surface area contributed by atoms with E-state index in [0.29, 0.717) is 0 Å². The highest BCUT2D eigenvalue weighted by molar-refractivity contribution is 5.94. The van der Waals surface area contributed by atoms with Gasteiger partial charge < -0.3 is 5.32 Å². The smallest absolute Gasteiger partial charge is 0.227 e. The molecule has 1 aliphatic rings. The molecule has 2 aromatic rings. The number of aryl methyl sites for hydroxylation is 1. The maximum absolute atomic E-state index is 12.3. The summed E-state index contributed by atoms with van der Waals surface area (Å²) in [5, 5.41) is 10.7. The maximum Gasteiger partial charge on any atom is 0.227 e. The number of hydrogen-bond acceptors (Lipinski definition) is 3. The summed E-state index contributed by atoms with van der Waals surface area (Å²) in [5.74, 6) is 0.283. The van der Waals surface area contributed by atoms with Gasteiger partial charge in [-0.15, -0.1) is 10.2 Å². The Labute approximate surface area is 118 Å². The minimum Gasteiger partial charge on any atom is -0.324 e. The van der Waals surface area contributed by atoms with Gasteiger partial charge in [-0.05, 0) is 37.5 Å². The third-order valence-electron chi connectivity index (χ3n) is 3.83. The molecule has 5 heteroatoms. The van der Waals surface area contributed by atoms with Crippen molar-refractivity contribution in [2.45, 2.75) is 32.6 Å². The fourth-order valence-electron chi connectivity index (χ4n) is 2.71. The lowest BCUT2D eigenvalue weighted by Crippen LogP contribution is -2.21. The summed E-state index contributed by atoms with van der Waals surface area (Å²) in [6.07, 6.45) is 7.59. The molecule has 5 nitrogen and oxygen atoms in total. The monoisotopic (exact) mass is 270 g/mol. The van der Waals surface area contributed by atoms with Crippen LogP contribution < -0.4 is 5.32 Å². The minimum absolute atomic E-state index is 0.126. The zero-order chi connectivity index (χ0) is 13.9. The van der Waals surface area contributed by atoms with Crippen molar-refractivity contribution in [1.82, 2.24) is 14.8 Å². The van der Waals surface area contributed by atoms with Crippen LogP contribution in [0.15, 0.2) is 30.9 Å². The largest absolute Gasteiger partial charge is 0.324 e. The number of rotatable bonds is 3. The van der Waals surface area contributed by atoms with Crippen molar-refractivity contribution in [2.24, 2.45) is 5.92 Å². The summed E-state index contributed by atoms with van der Waals surface area (Å²) in [6, 6.07) is 5.96. The van der Waals surface area contributed by atoms with E-state index in [1.807, 2.05) is 29.7 Å². The molecule has 1 aromatic carbocycles. The summed E-state index contributed by atoms with van der Waals surface area (Å²) in [6.45, 7) is 2.02. The molecular weight excluding hydrogens is 252 g/mol. The van der Waals surface area contributed by atoms with Crippen molar-refractivity contribution in [3.63, 3.8) is 0 Å². The molecule has 0 unspecified atom stereocenters. The lowest BCUT2D eigenvalue weighted by atomic mass is 10.1. The molecule has 3 rings (SSSR count). The fraction of sp³-hybridized carbons (Fsp3) is 0.400. The fourth-order valence-corrected chi connectivity index (χ4v) is 2.71. The predicted octanol–water partition coefficient (Wildman–Crippen LogP) is 2.70. The molecule has 20 heavy (non-hydrogen) atoms. The van der Waals surface area contributed by atoms with Crippen LogP contribution in [-0.2, 0) is 4.79 Å². The molecule has 0 bridgehead atoms. The minimum atomic E-state index is 0.126. The van der Waals surface area contributed by atoms with Crippen molar-refractivity contribution in [3.8, 4) is 5.69 Å². The molecule has 1 heterocycles. The standard InChI is InChI=1S/C15H18N4O/c1-11-6-7-13(14(8-11)19-9-16-17-10-19)18-15(20)12-4-2-3-5-12/h6-10,12H,2-5H2,1H3,(H,18,20). The first-order chi connectivity index (χ1) is 9.74. The Kier molecular flexibility index (Phi) is 3.50. The zero-order valence-electron chi connectivity index (χ0n) is 11.5. The summed E-state index contributed by atoms with van der Waals surface area (Å²) >= 11 is 0. The second-order valence-corrected chi connectivity index (χ2v) is 5.36. The van der Waals surface area contributed by atoms with Gasteiger partial charge in [-0.2, -0.15) is 0 Å². The number of carbonyl (C=O) groups excluding carboxylic acids is 1. The van der Waals surface area contributed by atoms with Gasteiger partial charge in [0.15, 0.2) is 0 Å². The number of hydrogen-bond donors (Lipinski definition) is 1. The van der Waals surface area contributed by atoms with Crippen LogP contribution in [0.25, 0.3) is 5.69 Å². The van der Waals surface area contributed by atoms with Crippen LogP contribution in [0.1, 0.15) is 31.2 Å². The van der Waals surface area contributed by atoms with Crippen LogP contribution in [-0.4, -0.2) is 20.7 Å². The molecule has 0 atom stereocenters. The maximum atomic E-state index is 12.3. The van der Waals surface area contributed by atoms with E-state index in [1.165, 1.54) is 0 Å². The third-order valence-corrected chi connectivity index (χ3v) is 3.83. The van der Waals surface area contributed by atoms with Crippen molar-refractivity contribution in [3.05, 3.63) is 36.4 Å². The summed E-state index contributed by atoms with van der Waals surface area (Å²) in [4.78, 5) is 12.3. The van der Waals surface area contributed by atoms with Gasteiger partial charge >= 0.3 is 0 Å². The molecule has 0 saturated heterocycles. The molecule has 1 fully saturated rings. The molecule has 0 spiro atoms. The topological polar surface area (TPSA) is 59.8 Å². The van der Waals surface area contributed by atoms with E-state index in [9.17, 15) is 4.79 Å². The molecule has 104 valence electrons. The second-order valence-electron chi connectivity index (χ2n) is 5.36. The summed E-state index contributed by atoms with van der Waals surface area (Å²) < 4.78 is 1.82. The van der Waals surface area contributed by atoms with E-state index < -0.39 is 0 Å². The molecule has 1 amide bonds. The first-order valence-corrected chi connectivity index (χ1v) is 7.00. The summed E-state index contributed by atoms with van der Waals surface area (Å²) in [7, 11) is 0. The van der Waals surface area contributed by atoms with Gasteiger partial charge in [0.2, 0.25) is 5.91 Å². The number of amides is 1. The van der Waals surface area contributed by atoms with Gasteiger partial charge in [-0.25, -0.2) is 0 Å².